The second-order valence-corrected chi connectivity index (χ2v) is 4.80. The smallest absolute Gasteiger partial charge is 0.245 e. The van der Waals surface area contributed by atoms with Crippen LogP contribution in [0.3, 0.4) is 0 Å². The SMILES string of the molecule is CCN(c1nc2c(C)cccn2n1)C1CCNC1. The maximum absolute atomic E-state index is 4.68. The molecule has 0 aromatic carbocycles. The molecule has 18 heavy (non-hydrogen) atoms. The zero-order valence-electron chi connectivity index (χ0n) is 10.9. The molecule has 1 aliphatic rings. The van der Waals surface area contributed by atoms with E-state index in [2.05, 4.69) is 40.2 Å². The van der Waals surface area contributed by atoms with Crippen molar-refractivity contribution in [2.75, 3.05) is 24.5 Å². The number of aromatic nitrogens is 3. The van der Waals surface area contributed by atoms with E-state index in [1.54, 1.807) is 0 Å². The van der Waals surface area contributed by atoms with Crippen LogP contribution in [0.1, 0.15) is 18.9 Å². The summed E-state index contributed by atoms with van der Waals surface area (Å²) in [7, 11) is 0. The van der Waals surface area contributed by atoms with Crippen LogP contribution in [0.25, 0.3) is 5.65 Å². The van der Waals surface area contributed by atoms with Crippen LogP contribution in [0.4, 0.5) is 5.95 Å². The quantitative estimate of drug-likeness (QED) is 0.883. The number of nitrogens with zero attached hydrogens (tertiary/aromatic N) is 4. The molecule has 1 saturated heterocycles. The largest absolute Gasteiger partial charge is 0.335 e. The fourth-order valence-electron chi connectivity index (χ4n) is 2.62. The van der Waals surface area contributed by atoms with Crippen LogP contribution in [0, 0.1) is 6.92 Å². The lowest BCUT2D eigenvalue weighted by molar-refractivity contribution is 0.631. The first-order chi connectivity index (χ1) is 8.79. The molecule has 1 fully saturated rings. The van der Waals surface area contributed by atoms with Crippen molar-refractivity contribution >= 4 is 11.6 Å². The summed E-state index contributed by atoms with van der Waals surface area (Å²) in [5.74, 6) is 0.848. The lowest BCUT2D eigenvalue weighted by Crippen LogP contribution is -2.37. The van der Waals surface area contributed by atoms with Crippen LogP contribution in [-0.2, 0) is 0 Å². The predicted molar refractivity (Wildman–Crippen MR) is 72.0 cm³/mol. The summed E-state index contributed by atoms with van der Waals surface area (Å²) in [5, 5.41) is 7.99. The van der Waals surface area contributed by atoms with E-state index in [-0.39, 0.29) is 0 Å². The zero-order chi connectivity index (χ0) is 12.5. The Morgan fingerprint density at radius 3 is 3.11 bits per heavy atom. The lowest BCUT2D eigenvalue weighted by atomic mass is 10.2. The number of anilines is 1. The van der Waals surface area contributed by atoms with Gasteiger partial charge in [-0.05, 0) is 38.4 Å². The minimum Gasteiger partial charge on any atom is -0.335 e. The Morgan fingerprint density at radius 1 is 1.56 bits per heavy atom. The number of pyridine rings is 1. The fraction of sp³-hybridized carbons (Fsp3) is 0.538. The molecule has 1 unspecified atom stereocenters. The Balaban J connectivity index is 1.99. The van der Waals surface area contributed by atoms with Crippen LogP contribution in [0.5, 0.6) is 0 Å². The normalized spacial score (nSPS) is 19.6. The fourth-order valence-corrected chi connectivity index (χ4v) is 2.62. The number of rotatable bonds is 3. The standard InChI is InChI=1S/C13H19N5/c1-3-17(11-6-7-14-9-11)13-15-12-10(2)5-4-8-18(12)16-13/h4-5,8,11,14H,3,6-7,9H2,1-2H3. The number of hydrogen-bond donors (Lipinski definition) is 1. The summed E-state index contributed by atoms with van der Waals surface area (Å²) in [6.07, 6.45) is 3.13. The Morgan fingerprint density at radius 2 is 2.44 bits per heavy atom. The van der Waals surface area contributed by atoms with Crippen molar-refractivity contribution in [1.82, 2.24) is 19.9 Å². The van der Waals surface area contributed by atoms with Gasteiger partial charge >= 0.3 is 0 Å². The lowest BCUT2D eigenvalue weighted by Gasteiger charge is -2.25. The highest BCUT2D eigenvalue weighted by Crippen LogP contribution is 2.18. The highest BCUT2D eigenvalue weighted by Gasteiger charge is 2.24. The van der Waals surface area contributed by atoms with Crippen LogP contribution in [0.15, 0.2) is 18.3 Å². The average Bonchev–Trinajstić information content (AvgIpc) is 3.00. The molecular weight excluding hydrogens is 226 g/mol. The number of nitrogens with one attached hydrogen (secondary N) is 1. The predicted octanol–water partition coefficient (Wildman–Crippen LogP) is 1.23. The highest BCUT2D eigenvalue weighted by molar-refractivity contribution is 5.51. The first-order valence-corrected chi connectivity index (χ1v) is 6.59. The van der Waals surface area contributed by atoms with Gasteiger partial charge in [-0.3, -0.25) is 0 Å². The van der Waals surface area contributed by atoms with Crippen molar-refractivity contribution in [1.29, 1.82) is 0 Å². The monoisotopic (exact) mass is 245 g/mol. The van der Waals surface area contributed by atoms with E-state index in [4.69, 9.17) is 0 Å². The minimum absolute atomic E-state index is 0.521. The number of fused-ring (bicyclic) bond motifs is 1. The van der Waals surface area contributed by atoms with Crippen molar-refractivity contribution in [2.24, 2.45) is 0 Å². The molecule has 3 heterocycles. The molecule has 2 aromatic heterocycles. The Kier molecular flexibility index (Phi) is 2.91. The van der Waals surface area contributed by atoms with E-state index in [0.29, 0.717) is 6.04 Å². The molecule has 1 atom stereocenters. The van der Waals surface area contributed by atoms with Gasteiger partial charge in [0, 0.05) is 25.3 Å². The number of aryl methyl sites for hydroxylation is 1. The molecule has 0 bridgehead atoms. The molecule has 0 amide bonds. The Labute approximate surface area is 107 Å². The molecule has 5 heteroatoms. The molecule has 3 rings (SSSR count). The van der Waals surface area contributed by atoms with Crippen LogP contribution in [0.2, 0.25) is 0 Å². The molecule has 0 spiro atoms. The molecule has 1 N–H and O–H groups in total. The van der Waals surface area contributed by atoms with Gasteiger partial charge in [0.25, 0.3) is 0 Å². The zero-order valence-corrected chi connectivity index (χ0v) is 10.9. The molecule has 5 nitrogen and oxygen atoms in total. The summed E-state index contributed by atoms with van der Waals surface area (Å²) in [6, 6.07) is 4.60. The van der Waals surface area contributed by atoms with E-state index in [1.807, 2.05) is 16.8 Å². The topological polar surface area (TPSA) is 45.5 Å². The van der Waals surface area contributed by atoms with Crippen molar-refractivity contribution in [3.63, 3.8) is 0 Å². The van der Waals surface area contributed by atoms with E-state index < -0.39 is 0 Å². The summed E-state index contributed by atoms with van der Waals surface area (Å²) < 4.78 is 1.87. The van der Waals surface area contributed by atoms with E-state index in [9.17, 15) is 0 Å². The van der Waals surface area contributed by atoms with Crippen molar-refractivity contribution in [3.05, 3.63) is 23.9 Å². The van der Waals surface area contributed by atoms with E-state index >= 15 is 0 Å². The van der Waals surface area contributed by atoms with E-state index in [1.165, 1.54) is 6.42 Å². The van der Waals surface area contributed by atoms with Gasteiger partial charge in [-0.2, -0.15) is 4.98 Å². The van der Waals surface area contributed by atoms with Gasteiger partial charge in [0.2, 0.25) is 5.95 Å². The molecule has 96 valence electrons. The number of hydrogen-bond acceptors (Lipinski definition) is 4. The third-order valence-corrected chi connectivity index (χ3v) is 3.62. The maximum Gasteiger partial charge on any atom is 0.245 e. The molecule has 0 saturated carbocycles. The first-order valence-electron chi connectivity index (χ1n) is 6.59. The highest BCUT2D eigenvalue weighted by atomic mass is 15.4. The Hall–Kier alpha value is -1.62. The minimum atomic E-state index is 0.521. The van der Waals surface area contributed by atoms with Gasteiger partial charge in [-0.15, -0.1) is 5.10 Å². The van der Waals surface area contributed by atoms with Crippen molar-refractivity contribution < 1.29 is 0 Å². The van der Waals surface area contributed by atoms with Gasteiger partial charge < -0.3 is 10.2 Å². The van der Waals surface area contributed by atoms with Crippen LogP contribution >= 0.6 is 0 Å². The second kappa shape index (κ2) is 4.57. The van der Waals surface area contributed by atoms with Crippen LogP contribution < -0.4 is 10.2 Å². The summed E-state index contributed by atoms with van der Waals surface area (Å²) in [5.41, 5.74) is 2.12. The van der Waals surface area contributed by atoms with E-state index in [0.717, 1.165) is 36.8 Å². The molecule has 2 aromatic rings. The van der Waals surface area contributed by atoms with Gasteiger partial charge in [0.15, 0.2) is 5.65 Å². The first kappa shape index (κ1) is 11.5. The van der Waals surface area contributed by atoms with Gasteiger partial charge in [0.05, 0.1) is 0 Å². The summed E-state index contributed by atoms with van der Waals surface area (Å²) >= 11 is 0. The molecule has 0 aliphatic carbocycles. The number of likely N-dealkylation sites (N-methyl/N-ethyl adjacent to an activating group) is 1. The van der Waals surface area contributed by atoms with Crippen molar-refractivity contribution in [2.45, 2.75) is 26.3 Å². The Bertz CT molecular complexity index is 541. The summed E-state index contributed by atoms with van der Waals surface area (Å²) in [4.78, 5) is 6.98. The second-order valence-electron chi connectivity index (χ2n) is 4.80. The third kappa shape index (κ3) is 1.84. The van der Waals surface area contributed by atoms with Crippen LogP contribution in [-0.4, -0.2) is 40.3 Å². The molecular formula is C13H19N5. The summed E-state index contributed by atoms with van der Waals surface area (Å²) in [6.45, 7) is 7.30. The molecule has 1 aliphatic heterocycles. The van der Waals surface area contributed by atoms with Gasteiger partial charge in [-0.25, -0.2) is 4.52 Å². The molecule has 0 radical (unpaired) electrons. The maximum atomic E-state index is 4.68. The average molecular weight is 245 g/mol. The van der Waals surface area contributed by atoms with Crippen molar-refractivity contribution in [3.8, 4) is 0 Å². The van der Waals surface area contributed by atoms with Gasteiger partial charge in [-0.1, -0.05) is 6.07 Å². The van der Waals surface area contributed by atoms with Gasteiger partial charge in [0.1, 0.15) is 0 Å². The third-order valence-electron chi connectivity index (χ3n) is 3.62.